The quantitative estimate of drug-likeness (QED) is 0.473. The van der Waals surface area contributed by atoms with E-state index in [1.165, 1.54) is 20.3 Å². The van der Waals surface area contributed by atoms with Crippen molar-refractivity contribution in [3.63, 3.8) is 0 Å². The molecule has 0 radical (unpaired) electrons. The largest absolute Gasteiger partial charge is 0.481 e. The number of nitrogens with one attached hydrogen (secondary N) is 2. The van der Waals surface area contributed by atoms with E-state index in [-0.39, 0.29) is 17.7 Å². The van der Waals surface area contributed by atoms with Crippen LogP contribution in [0.5, 0.6) is 11.8 Å². The lowest BCUT2D eigenvalue weighted by Gasteiger charge is -2.13. The highest BCUT2D eigenvalue weighted by Gasteiger charge is 2.31. The fourth-order valence-electron chi connectivity index (χ4n) is 2.01. The average Bonchev–Trinajstić information content (AvgIpc) is 2.66. The first-order valence-corrected chi connectivity index (χ1v) is 10.3. The van der Waals surface area contributed by atoms with Crippen LogP contribution in [0.15, 0.2) is 28.3 Å². The zero-order valence-corrected chi connectivity index (χ0v) is 16.5. The van der Waals surface area contributed by atoms with Gasteiger partial charge in [0, 0.05) is 6.20 Å². The molecule has 0 aliphatic carbocycles. The van der Waals surface area contributed by atoms with Crippen LogP contribution in [0.2, 0.25) is 0 Å². The van der Waals surface area contributed by atoms with Gasteiger partial charge in [0.1, 0.15) is 4.90 Å². The van der Waals surface area contributed by atoms with Gasteiger partial charge in [-0.3, -0.25) is 10.1 Å². The highest BCUT2D eigenvalue weighted by molar-refractivity contribution is 7.92. The third kappa shape index (κ3) is 4.50. The molecule has 0 saturated heterocycles. The van der Waals surface area contributed by atoms with Gasteiger partial charge in [0.15, 0.2) is 5.03 Å². The lowest BCUT2D eigenvalue weighted by Crippen LogP contribution is -2.28. The van der Waals surface area contributed by atoms with Crippen molar-refractivity contribution < 1.29 is 31.1 Å². The molecule has 0 aromatic carbocycles. The molecule has 0 aliphatic heterocycles. The van der Waals surface area contributed by atoms with E-state index in [9.17, 15) is 21.6 Å². The van der Waals surface area contributed by atoms with Crippen LogP contribution >= 0.6 is 0 Å². The van der Waals surface area contributed by atoms with E-state index >= 15 is 0 Å². The fourth-order valence-corrected chi connectivity index (χ4v) is 4.20. The summed E-state index contributed by atoms with van der Waals surface area (Å²) in [6.45, 7) is 0. The molecule has 28 heavy (non-hydrogen) atoms. The second-order valence-corrected chi connectivity index (χ2v) is 8.28. The van der Waals surface area contributed by atoms with Gasteiger partial charge < -0.3 is 9.47 Å². The number of hydrogen-bond donors (Lipinski definition) is 3. The molecular weight excluding hydrogens is 416 g/mol. The number of nitrogens with zero attached hydrogens (tertiary/aromatic N) is 3. The Kier molecular flexibility index (Phi) is 6.13. The van der Waals surface area contributed by atoms with Gasteiger partial charge in [-0.1, -0.05) is 0 Å². The van der Waals surface area contributed by atoms with Gasteiger partial charge in [0.25, 0.3) is 15.9 Å². The molecule has 4 N–H and O–H groups in total. The van der Waals surface area contributed by atoms with Crippen molar-refractivity contribution in [3.05, 3.63) is 23.9 Å². The number of ether oxygens (including phenoxy) is 2. The van der Waals surface area contributed by atoms with Crippen LogP contribution in [-0.4, -0.2) is 59.0 Å². The second-order valence-electron chi connectivity index (χ2n) is 4.98. The number of pyridine rings is 1. The molecule has 0 fully saturated rings. The molecule has 0 atom stereocenters. The number of carbonyl (C=O) groups excluding carboxylic acids is 1. The van der Waals surface area contributed by atoms with E-state index in [4.69, 9.17) is 14.6 Å². The summed E-state index contributed by atoms with van der Waals surface area (Å²) in [6, 6.07) is 2.35. The molecule has 1 amide bonds. The Balaban J connectivity index is 2.61. The minimum Gasteiger partial charge on any atom is -0.481 e. The maximum Gasteiger partial charge on any atom is 0.259 e. The maximum atomic E-state index is 12.6. The Morgan fingerprint density at radius 3 is 2.14 bits per heavy atom. The molecule has 2 heterocycles. The Morgan fingerprint density at radius 2 is 1.68 bits per heavy atom. The highest BCUT2D eigenvalue weighted by atomic mass is 32.2. The van der Waals surface area contributed by atoms with E-state index in [0.29, 0.717) is 0 Å². The first kappa shape index (κ1) is 21.4. The van der Waals surface area contributed by atoms with E-state index in [2.05, 4.69) is 20.3 Å². The third-order valence-corrected chi connectivity index (χ3v) is 5.71. The van der Waals surface area contributed by atoms with Crippen molar-refractivity contribution in [1.82, 2.24) is 19.7 Å². The van der Waals surface area contributed by atoms with Crippen molar-refractivity contribution in [2.75, 3.05) is 26.6 Å². The van der Waals surface area contributed by atoms with Crippen molar-refractivity contribution in [2.45, 2.75) is 9.92 Å². The SMILES string of the molecule is CNS(=O)(=O)c1c(C(=O)Nc2nc(OC)cc(OC)n2)ccnc1S(N)(=O)=O. The monoisotopic (exact) mass is 432 g/mol. The Morgan fingerprint density at radius 1 is 1.11 bits per heavy atom. The smallest absolute Gasteiger partial charge is 0.259 e. The predicted molar refractivity (Wildman–Crippen MR) is 94.9 cm³/mol. The number of methoxy groups -OCH3 is 2. The summed E-state index contributed by atoms with van der Waals surface area (Å²) < 4.78 is 60.0. The first-order chi connectivity index (χ1) is 13.0. The number of amides is 1. The molecule has 15 heteroatoms. The summed E-state index contributed by atoms with van der Waals surface area (Å²) in [5.74, 6) is -1.19. The van der Waals surface area contributed by atoms with Gasteiger partial charge >= 0.3 is 0 Å². The number of hydrogen-bond acceptors (Lipinski definition) is 10. The topological polar surface area (TPSA) is 193 Å². The van der Waals surface area contributed by atoms with Crippen LogP contribution in [0.3, 0.4) is 0 Å². The Bertz CT molecular complexity index is 1100. The number of carbonyl (C=O) groups is 1. The van der Waals surface area contributed by atoms with Crippen LogP contribution in [0, 0.1) is 0 Å². The summed E-state index contributed by atoms with van der Waals surface area (Å²) in [5.41, 5.74) is -0.543. The average molecular weight is 432 g/mol. The van der Waals surface area contributed by atoms with E-state index in [0.717, 1.165) is 19.3 Å². The molecule has 2 aromatic heterocycles. The zero-order valence-electron chi connectivity index (χ0n) is 14.8. The van der Waals surface area contributed by atoms with Gasteiger partial charge in [-0.15, -0.1) is 0 Å². The number of rotatable bonds is 7. The summed E-state index contributed by atoms with van der Waals surface area (Å²) >= 11 is 0. The summed E-state index contributed by atoms with van der Waals surface area (Å²) in [7, 11) is -5.30. The second kappa shape index (κ2) is 8.01. The van der Waals surface area contributed by atoms with Gasteiger partial charge in [0.05, 0.1) is 25.8 Å². The Labute approximate surface area is 160 Å². The third-order valence-electron chi connectivity index (χ3n) is 3.25. The molecule has 2 rings (SSSR count). The zero-order chi connectivity index (χ0) is 21.1. The number of sulfonamides is 2. The van der Waals surface area contributed by atoms with Gasteiger partial charge in [-0.2, -0.15) is 9.97 Å². The molecule has 0 aliphatic rings. The van der Waals surface area contributed by atoms with Crippen LogP contribution in [0.25, 0.3) is 0 Å². The molecule has 13 nitrogen and oxygen atoms in total. The molecular formula is C13H16N6O7S2. The summed E-state index contributed by atoms with van der Waals surface area (Å²) in [6.07, 6.45) is 0.927. The van der Waals surface area contributed by atoms with Crippen LogP contribution < -0.4 is 24.7 Å². The lowest BCUT2D eigenvalue weighted by atomic mass is 10.2. The van der Waals surface area contributed by atoms with Crippen LogP contribution in [0.4, 0.5) is 5.95 Å². The number of primary sulfonamides is 1. The normalized spacial score (nSPS) is 11.7. The minimum atomic E-state index is -4.56. The van der Waals surface area contributed by atoms with Gasteiger partial charge in [-0.05, 0) is 13.1 Å². The number of anilines is 1. The van der Waals surface area contributed by atoms with Crippen LogP contribution in [0.1, 0.15) is 10.4 Å². The minimum absolute atomic E-state index is 0.0603. The van der Waals surface area contributed by atoms with E-state index < -0.39 is 41.4 Å². The molecule has 0 spiro atoms. The molecule has 152 valence electrons. The van der Waals surface area contributed by atoms with Crippen molar-refractivity contribution in [2.24, 2.45) is 5.14 Å². The molecule has 2 aromatic rings. The number of aromatic nitrogens is 3. The van der Waals surface area contributed by atoms with Crippen molar-refractivity contribution in [1.29, 1.82) is 0 Å². The van der Waals surface area contributed by atoms with Crippen molar-refractivity contribution in [3.8, 4) is 11.8 Å². The predicted octanol–water partition coefficient (Wildman–Crippen LogP) is -1.30. The van der Waals surface area contributed by atoms with Crippen LogP contribution in [-0.2, 0) is 20.0 Å². The summed E-state index contributed by atoms with van der Waals surface area (Å²) in [5, 5.41) is 6.29. The van der Waals surface area contributed by atoms with E-state index in [1.54, 1.807) is 0 Å². The van der Waals surface area contributed by atoms with E-state index in [1.807, 2.05) is 4.72 Å². The van der Waals surface area contributed by atoms with Crippen molar-refractivity contribution >= 4 is 31.9 Å². The Hall–Kier alpha value is -2.88. The van der Waals surface area contributed by atoms with Gasteiger partial charge in [0.2, 0.25) is 27.7 Å². The molecule has 0 saturated carbocycles. The molecule has 0 unspecified atom stereocenters. The fraction of sp³-hybridized carbons (Fsp3) is 0.231. The maximum absolute atomic E-state index is 12.6. The molecule has 0 bridgehead atoms. The number of nitrogens with two attached hydrogens (primary N) is 1. The summed E-state index contributed by atoms with van der Waals surface area (Å²) in [4.78, 5) is 23.0. The standard InChI is InChI=1S/C13H16N6O7S2/c1-15-28(23,24)10-7(4-5-16-12(10)27(14,21)22)11(20)19-13-17-8(25-2)6-9(18-13)26-3/h4-6,15H,1-3H3,(H2,14,21,22)(H,17,18,19,20). The lowest BCUT2D eigenvalue weighted by molar-refractivity contribution is 0.102. The highest BCUT2D eigenvalue weighted by Crippen LogP contribution is 2.23. The van der Waals surface area contributed by atoms with Gasteiger partial charge in [-0.25, -0.2) is 31.7 Å². The first-order valence-electron chi connectivity index (χ1n) is 7.27.